The number of hydrogen-bond donors (Lipinski definition) is 2. The summed E-state index contributed by atoms with van der Waals surface area (Å²) in [7, 11) is 0. The van der Waals surface area contributed by atoms with Crippen LogP contribution < -0.4 is 28.4 Å². The summed E-state index contributed by atoms with van der Waals surface area (Å²) < 4.78 is 38.2. The van der Waals surface area contributed by atoms with Gasteiger partial charge in [-0.05, 0) is 90.9 Å². The van der Waals surface area contributed by atoms with Crippen LogP contribution >= 0.6 is 0 Å². The predicted molar refractivity (Wildman–Crippen MR) is 265 cm³/mol. The molecule has 8 heteroatoms. The molecule has 0 radical (unpaired) electrons. The van der Waals surface area contributed by atoms with E-state index in [4.69, 9.17) is 28.4 Å². The van der Waals surface area contributed by atoms with E-state index in [0.29, 0.717) is 48.6 Å². The molecule has 66 heavy (non-hydrogen) atoms. The molecule has 0 saturated heterocycles. The molecule has 0 aliphatic heterocycles. The van der Waals surface area contributed by atoms with Crippen LogP contribution in [0.25, 0.3) is 76.1 Å². The van der Waals surface area contributed by atoms with Gasteiger partial charge in [-0.25, -0.2) is 0 Å². The number of aliphatic hydroxyl groups excluding tert-OH is 2. The summed E-state index contributed by atoms with van der Waals surface area (Å²) in [6.07, 6.45) is 0. The van der Waals surface area contributed by atoms with E-state index in [-0.39, 0.29) is 33.0 Å². The van der Waals surface area contributed by atoms with Crippen LogP contribution in [-0.2, 0) is 0 Å². The topological polar surface area (TPSA) is 95.8 Å². The van der Waals surface area contributed by atoms with Crippen LogP contribution in [0.2, 0.25) is 0 Å². The fraction of sp³-hybridized carbons (Fsp3) is 0.138. The van der Waals surface area contributed by atoms with E-state index in [0.717, 1.165) is 81.9 Å². The Morgan fingerprint density at radius 3 is 0.985 bits per heavy atom. The van der Waals surface area contributed by atoms with Gasteiger partial charge in [0, 0.05) is 27.6 Å². The zero-order chi connectivity index (χ0) is 44.7. The van der Waals surface area contributed by atoms with E-state index in [1.54, 1.807) is 0 Å². The second-order valence-corrected chi connectivity index (χ2v) is 15.8. The van der Waals surface area contributed by atoms with Gasteiger partial charge in [-0.1, -0.05) is 140 Å². The third kappa shape index (κ3) is 8.60. The molecule has 8 nitrogen and oxygen atoms in total. The van der Waals surface area contributed by atoms with Crippen molar-refractivity contribution in [2.75, 3.05) is 52.9 Å². The fourth-order valence-corrected chi connectivity index (χ4v) is 8.88. The number of aliphatic hydroxyl groups is 2. The quantitative estimate of drug-likeness (QED) is 0.0823. The first kappa shape index (κ1) is 42.2. The van der Waals surface area contributed by atoms with Crippen LogP contribution in [0.4, 0.5) is 0 Å². The Hall–Kier alpha value is -7.78. The van der Waals surface area contributed by atoms with E-state index >= 15 is 0 Å². The average molecular weight is 873 g/mol. The highest BCUT2D eigenvalue weighted by Crippen LogP contribution is 2.47. The minimum atomic E-state index is -0.0936. The van der Waals surface area contributed by atoms with Crippen molar-refractivity contribution in [2.24, 2.45) is 0 Å². The van der Waals surface area contributed by atoms with Crippen molar-refractivity contribution in [1.29, 1.82) is 0 Å². The molecule has 10 aromatic rings. The van der Waals surface area contributed by atoms with Gasteiger partial charge in [-0.3, -0.25) is 0 Å². The minimum Gasteiger partial charge on any atom is -0.491 e. The maximum Gasteiger partial charge on any atom is 0.128 e. The van der Waals surface area contributed by atoms with Gasteiger partial charge in [0.1, 0.15) is 74.1 Å². The Kier molecular flexibility index (Phi) is 12.5. The van der Waals surface area contributed by atoms with Crippen LogP contribution in [0, 0.1) is 0 Å². The van der Waals surface area contributed by atoms with Gasteiger partial charge in [0.15, 0.2) is 0 Å². The number of rotatable bonds is 18. The molecule has 328 valence electrons. The van der Waals surface area contributed by atoms with Crippen LogP contribution in [0.1, 0.15) is 0 Å². The van der Waals surface area contributed by atoms with E-state index in [1.165, 1.54) is 0 Å². The predicted octanol–water partition coefficient (Wildman–Crippen LogP) is 12.4. The molecule has 0 spiro atoms. The van der Waals surface area contributed by atoms with Crippen molar-refractivity contribution in [3.05, 3.63) is 182 Å². The van der Waals surface area contributed by atoms with Gasteiger partial charge < -0.3 is 38.6 Å². The second kappa shape index (κ2) is 19.5. The van der Waals surface area contributed by atoms with Crippen molar-refractivity contribution in [3.63, 3.8) is 0 Å². The summed E-state index contributed by atoms with van der Waals surface area (Å²) in [5.74, 6) is 4.20. The fourth-order valence-electron chi connectivity index (χ4n) is 8.88. The molecule has 0 saturated carbocycles. The summed E-state index contributed by atoms with van der Waals surface area (Å²) in [4.78, 5) is 0. The molecular weight excluding hydrogens is 825 g/mol. The molecule has 10 aromatic carbocycles. The lowest BCUT2D eigenvalue weighted by atomic mass is 9.92. The standard InChI is InChI=1S/C58H48O8/c59-30-32-62-51-26-21-39-10-1-5-15-45(39)55(51)57-47-17-7-3-12-41(47)23-28-53(57)65-35-34-61-44-25-20-43-14-9-19-50(49(43)38-44)64-36-37-66-54-29-24-42-13-4-8-18-48(42)58(54)56-46-16-6-2-11-40(46)22-27-52(56)63-33-31-60/h1-29,38,59-60H,30-37H2. The highest BCUT2D eigenvalue weighted by atomic mass is 16.5. The SMILES string of the molecule is OCCOc1ccc2ccccc2c1-c1c(OCCOc2ccc3cccc(OCCOc4ccc5ccccc5c4-c4c(OCCO)ccc5ccccc45)c3c2)ccc2ccccc12. The maximum absolute atomic E-state index is 9.67. The lowest BCUT2D eigenvalue weighted by Crippen LogP contribution is -2.11. The minimum absolute atomic E-state index is 0.0930. The largest absolute Gasteiger partial charge is 0.491 e. The smallest absolute Gasteiger partial charge is 0.128 e. The lowest BCUT2D eigenvalue weighted by Gasteiger charge is -2.20. The normalized spacial score (nSPS) is 11.4. The number of benzene rings is 10. The van der Waals surface area contributed by atoms with Crippen molar-refractivity contribution in [2.45, 2.75) is 0 Å². The maximum atomic E-state index is 9.67. The van der Waals surface area contributed by atoms with Gasteiger partial charge in [0.05, 0.1) is 13.2 Å². The van der Waals surface area contributed by atoms with Crippen molar-refractivity contribution >= 4 is 53.9 Å². The summed E-state index contributed by atoms with van der Waals surface area (Å²) in [6, 6.07) is 61.2. The van der Waals surface area contributed by atoms with Crippen LogP contribution in [-0.4, -0.2) is 63.1 Å². The van der Waals surface area contributed by atoms with Crippen molar-refractivity contribution in [1.82, 2.24) is 0 Å². The van der Waals surface area contributed by atoms with E-state index in [1.807, 2.05) is 115 Å². The first-order chi connectivity index (χ1) is 32.7. The molecule has 0 aliphatic rings. The molecule has 0 amide bonds. The summed E-state index contributed by atoms with van der Waals surface area (Å²) >= 11 is 0. The molecule has 0 fully saturated rings. The van der Waals surface area contributed by atoms with Crippen LogP contribution in [0.15, 0.2) is 182 Å². The van der Waals surface area contributed by atoms with E-state index < -0.39 is 0 Å². The average Bonchev–Trinajstić information content (AvgIpc) is 3.37. The van der Waals surface area contributed by atoms with Crippen LogP contribution in [0.3, 0.4) is 0 Å². The number of ether oxygens (including phenoxy) is 6. The molecule has 10 rings (SSSR count). The molecular formula is C58H48O8. The number of fused-ring (bicyclic) bond motifs is 5. The summed E-state index contributed by atoms with van der Waals surface area (Å²) in [6.45, 7) is 1.34. The van der Waals surface area contributed by atoms with E-state index in [9.17, 15) is 10.2 Å². The molecule has 0 atom stereocenters. The second-order valence-electron chi connectivity index (χ2n) is 15.8. The molecule has 2 N–H and O–H groups in total. The molecule has 0 unspecified atom stereocenters. The van der Waals surface area contributed by atoms with Crippen molar-refractivity contribution in [3.8, 4) is 56.8 Å². The van der Waals surface area contributed by atoms with Crippen molar-refractivity contribution < 1.29 is 38.6 Å². The molecule has 0 aromatic heterocycles. The Balaban J connectivity index is 0.862. The third-order valence-electron chi connectivity index (χ3n) is 11.8. The molecule has 0 bridgehead atoms. The van der Waals surface area contributed by atoms with E-state index in [2.05, 4.69) is 66.7 Å². The first-order valence-electron chi connectivity index (χ1n) is 22.3. The highest BCUT2D eigenvalue weighted by molar-refractivity contribution is 6.11. The Morgan fingerprint density at radius 2 is 0.576 bits per heavy atom. The van der Waals surface area contributed by atoms with Gasteiger partial charge in [0.2, 0.25) is 0 Å². The third-order valence-corrected chi connectivity index (χ3v) is 11.8. The number of hydrogen-bond acceptors (Lipinski definition) is 8. The molecule has 0 aliphatic carbocycles. The molecule has 0 heterocycles. The Bertz CT molecular complexity index is 3330. The monoisotopic (exact) mass is 872 g/mol. The van der Waals surface area contributed by atoms with Gasteiger partial charge >= 0.3 is 0 Å². The zero-order valence-electron chi connectivity index (χ0n) is 36.3. The highest BCUT2D eigenvalue weighted by Gasteiger charge is 2.21. The van der Waals surface area contributed by atoms with Gasteiger partial charge in [-0.2, -0.15) is 0 Å². The Morgan fingerprint density at radius 1 is 0.258 bits per heavy atom. The first-order valence-corrected chi connectivity index (χ1v) is 22.3. The summed E-state index contributed by atoms with van der Waals surface area (Å²) in [5.41, 5.74) is 3.69. The summed E-state index contributed by atoms with van der Waals surface area (Å²) in [5, 5.41) is 29.7. The Labute approximate surface area is 382 Å². The zero-order valence-corrected chi connectivity index (χ0v) is 36.3. The lowest BCUT2D eigenvalue weighted by molar-refractivity contribution is 0.202. The van der Waals surface area contributed by atoms with Gasteiger partial charge in [-0.15, -0.1) is 0 Å². The van der Waals surface area contributed by atoms with Crippen LogP contribution in [0.5, 0.6) is 34.5 Å². The van der Waals surface area contributed by atoms with Gasteiger partial charge in [0.25, 0.3) is 0 Å².